The largest absolute Gasteiger partial charge is 0.0914 e. The molecule has 0 aliphatic carbocycles. The van der Waals surface area contributed by atoms with Crippen LogP contribution in [0.4, 0.5) is 0 Å². The van der Waals surface area contributed by atoms with E-state index < -0.39 is 0 Å². The lowest BCUT2D eigenvalue weighted by molar-refractivity contribution is 0.185. The van der Waals surface area contributed by atoms with Crippen LogP contribution in [0.2, 0.25) is 0 Å². The van der Waals surface area contributed by atoms with Crippen molar-refractivity contribution in [2.24, 2.45) is 17.3 Å². The van der Waals surface area contributed by atoms with Crippen molar-refractivity contribution in [3.8, 4) is 0 Å². The van der Waals surface area contributed by atoms with Gasteiger partial charge in [0.15, 0.2) is 0 Å². The summed E-state index contributed by atoms with van der Waals surface area (Å²) in [5.41, 5.74) is 0.423. The molecule has 1 unspecified atom stereocenters. The second-order valence-corrected chi connectivity index (χ2v) is 4.29. The second kappa shape index (κ2) is 3.94. The SMILES string of the molecule is CC=CC(C)C(C)(C)C(C)C. The third kappa shape index (κ3) is 2.69. The molecule has 0 amide bonds. The molecular weight excluding hydrogens is 132 g/mol. The first kappa shape index (κ1) is 10.7. The Balaban J connectivity index is 4.28. The van der Waals surface area contributed by atoms with Crippen LogP contribution in [-0.2, 0) is 0 Å². The summed E-state index contributed by atoms with van der Waals surface area (Å²) in [5.74, 6) is 1.42. The quantitative estimate of drug-likeness (QED) is 0.541. The van der Waals surface area contributed by atoms with E-state index in [1.807, 2.05) is 0 Å². The first-order valence-corrected chi connectivity index (χ1v) is 4.55. The van der Waals surface area contributed by atoms with Gasteiger partial charge in [-0.1, -0.05) is 46.8 Å². The van der Waals surface area contributed by atoms with E-state index in [1.165, 1.54) is 0 Å². The molecule has 0 bridgehead atoms. The van der Waals surface area contributed by atoms with Crippen molar-refractivity contribution in [1.82, 2.24) is 0 Å². The zero-order chi connectivity index (χ0) is 9.07. The minimum Gasteiger partial charge on any atom is -0.0914 e. The van der Waals surface area contributed by atoms with Crippen LogP contribution in [0.1, 0.15) is 41.5 Å². The van der Waals surface area contributed by atoms with E-state index in [-0.39, 0.29) is 0 Å². The summed E-state index contributed by atoms with van der Waals surface area (Å²) in [5, 5.41) is 0. The second-order valence-electron chi connectivity index (χ2n) is 4.29. The topological polar surface area (TPSA) is 0 Å². The highest BCUT2D eigenvalue weighted by Gasteiger charge is 2.26. The minimum atomic E-state index is 0.423. The number of rotatable bonds is 3. The maximum atomic E-state index is 2.34. The van der Waals surface area contributed by atoms with Crippen molar-refractivity contribution in [3.63, 3.8) is 0 Å². The third-order valence-corrected chi connectivity index (χ3v) is 3.14. The van der Waals surface area contributed by atoms with Gasteiger partial charge in [0, 0.05) is 0 Å². The molecule has 66 valence electrons. The first-order valence-electron chi connectivity index (χ1n) is 4.55. The molecule has 0 fully saturated rings. The van der Waals surface area contributed by atoms with Gasteiger partial charge in [-0.2, -0.15) is 0 Å². The normalized spacial score (nSPS) is 16.3. The maximum Gasteiger partial charge on any atom is -0.0208 e. The maximum absolute atomic E-state index is 2.34. The highest BCUT2D eigenvalue weighted by Crippen LogP contribution is 2.35. The smallest absolute Gasteiger partial charge is 0.0208 e. The summed E-state index contributed by atoms with van der Waals surface area (Å²) in [6.45, 7) is 13.6. The average molecular weight is 154 g/mol. The fraction of sp³-hybridized carbons (Fsp3) is 0.818. The molecule has 11 heavy (non-hydrogen) atoms. The van der Waals surface area contributed by atoms with Gasteiger partial charge < -0.3 is 0 Å². The lowest BCUT2D eigenvalue weighted by Gasteiger charge is -2.34. The molecule has 0 rings (SSSR count). The Morgan fingerprint density at radius 1 is 1.09 bits per heavy atom. The summed E-state index contributed by atoms with van der Waals surface area (Å²) in [4.78, 5) is 0. The van der Waals surface area contributed by atoms with Crippen molar-refractivity contribution in [1.29, 1.82) is 0 Å². The van der Waals surface area contributed by atoms with Gasteiger partial charge in [-0.05, 0) is 24.2 Å². The van der Waals surface area contributed by atoms with Crippen LogP contribution >= 0.6 is 0 Å². The number of hydrogen-bond acceptors (Lipinski definition) is 0. The lowest BCUT2D eigenvalue weighted by Crippen LogP contribution is -2.26. The lowest BCUT2D eigenvalue weighted by atomic mass is 9.71. The van der Waals surface area contributed by atoms with Crippen LogP contribution in [0.5, 0.6) is 0 Å². The minimum absolute atomic E-state index is 0.423. The summed E-state index contributed by atoms with van der Waals surface area (Å²) < 4.78 is 0. The molecule has 0 radical (unpaired) electrons. The van der Waals surface area contributed by atoms with E-state index in [2.05, 4.69) is 53.7 Å². The van der Waals surface area contributed by atoms with Gasteiger partial charge in [-0.3, -0.25) is 0 Å². The standard InChI is InChI=1S/C11H22/c1-7-8-10(4)11(5,6)9(2)3/h7-10H,1-6H3. The molecule has 0 aliphatic heterocycles. The van der Waals surface area contributed by atoms with Gasteiger partial charge >= 0.3 is 0 Å². The van der Waals surface area contributed by atoms with Crippen LogP contribution in [0.15, 0.2) is 12.2 Å². The van der Waals surface area contributed by atoms with Crippen molar-refractivity contribution in [2.75, 3.05) is 0 Å². The van der Waals surface area contributed by atoms with E-state index in [4.69, 9.17) is 0 Å². The van der Waals surface area contributed by atoms with Gasteiger partial charge in [0.1, 0.15) is 0 Å². The van der Waals surface area contributed by atoms with Crippen LogP contribution in [0.25, 0.3) is 0 Å². The van der Waals surface area contributed by atoms with E-state index >= 15 is 0 Å². The van der Waals surface area contributed by atoms with Crippen molar-refractivity contribution in [3.05, 3.63) is 12.2 Å². The van der Waals surface area contributed by atoms with Gasteiger partial charge in [-0.25, -0.2) is 0 Å². The van der Waals surface area contributed by atoms with E-state index in [0.717, 1.165) is 5.92 Å². The van der Waals surface area contributed by atoms with E-state index in [9.17, 15) is 0 Å². The monoisotopic (exact) mass is 154 g/mol. The number of allylic oxidation sites excluding steroid dienone is 2. The zero-order valence-electron chi connectivity index (χ0n) is 8.81. The highest BCUT2D eigenvalue weighted by atomic mass is 14.3. The fourth-order valence-corrected chi connectivity index (χ4v) is 1.06. The van der Waals surface area contributed by atoms with Gasteiger partial charge in [0.25, 0.3) is 0 Å². The Hall–Kier alpha value is -0.260. The summed E-state index contributed by atoms with van der Waals surface area (Å²) >= 11 is 0. The summed E-state index contributed by atoms with van der Waals surface area (Å²) in [6, 6.07) is 0. The van der Waals surface area contributed by atoms with Gasteiger partial charge in [-0.15, -0.1) is 0 Å². The molecule has 0 aromatic heterocycles. The molecule has 0 heterocycles. The predicted molar refractivity (Wildman–Crippen MR) is 52.6 cm³/mol. The molecule has 0 heteroatoms. The Morgan fingerprint density at radius 2 is 1.55 bits per heavy atom. The molecule has 0 aliphatic rings. The highest BCUT2D eigenvalue weighted by molar-refractivity contribution is 4.92. The Bertz CT molecular complexity index is 129. The van der Waals surface area contributed by atoms with Gasteiger partial charge in [0.2, 0.25) is 0 Å². The molecule has 0 spiro atoms. The molecular formula is C11H22. The summed E-state index contributed by atoms with van der Waals surface area (Å²) in [7, 11) is 0. The molecule has 1 atom stereocenters. The zero-order valence-corrected chi connectivity index (χ0v) is 8.81. The molecule has 0 N–H and O–H groups in total. The molecule has 0 nitrogen and oxygen atoms in total. The molecule has 0 aromatic rings. The fourth-order valence-electron chi connectivity index (χ4n) is 1.06. The number of hydrogen-bond donors (Lipinski definition) is 0. The van der Waals surface area contributed by atoms with Crippen LogP contribution < -0.4 is 0 Å². The summed E-state index contributed by atoms with van der Waals surface area (Å²) in [6.07, 6.45) is 4.44. The van der Waals surface area contributed by atoms with E-state index in [1.54, 1.807) is 0 Å². The molecule has 0 saturated carbocycles. The van der Waals surface area contributed by atoms with Crippen molar-refractivity contribution >= 4 is 0 Å². The Kier molecular flexibility index (Phi) is 3.85. The Morgan fingerprint density at radius 3 is 1.82 bits per heavy atom. The molecule has 0 aromatic carbocycles. The predicted octanol–water partition coefficient (Wildman–Crippen LogP) is 3.88. The first-order chi connectivity index (χ1) is 4.92. The average Bonchev–Trinajstić information content (AvgIpc) is 1.88. The van der Waals surface area contributed by atoms with Crippen LogP contribution in [0, 0.1) is 17.3 Å². The van der Waals surface area contributed by atoms with Crippen molar-refractivity contribution < 1.29 is 0 Å². The Labute approximate surface area is 71.7 Å². The van der Waals surface area contributed by atoms with Gasteiger partial charge in [0.05, 0.1) is 0 Å². The van der Waals surface area contributed by atoms with E-state index in [0.29, 0.717) is 11.3 Å². The van der Waals surface area contributed by atoms with Crippen LogP contribution in [-0.4, -0.2) is 0 Å². The third-order valence-electron chi connectivity index (χ3n) is 3.14. The molecule has 0 saturated heterocycles. The van der Waals surface area contributed by atoms with Crippen molar-refractivity contribution in [2.45, 2.75) is 41.5 Å². The van der Waals surface area contributed by atoms with Crippen LogP contribution in [0.3, 0.4) is 0 Å².